The van der Waals surface area contributed by atoms with Crippen LogP contribution < -0.4 is 4.74 Å². The van der Waals surface area contributed by atoms with E-state index in [1.807, 2.05) is 0 Å². The van der Waals surface area contributed by atoms with E-state index in [9.17, 15) is 9.18 Å². The number of ether oxygens (including phenoxy) is 1. The number of carbonyl (C=O) groups is 1. The van der Waals surface area contributed by atoms with E-state index in [0.29, 0.717) is 17.4 Å². The smallest absolute Gasteiger partial charge is 0.316 e. The van der Waals surface area contributed by atoms with Crippen LogP contribution in [0.1, 0.15) is 10.4 Å². The fourth-order valence-corrected chi connectivity index (χ4v) is 1.38. The van der Waals surface area contributed by atoms with Crippen LogP contribution in [0.15, 0.2) is 30.6 Å². The Labute approximate surface area is 97.1 Å². The van der Waals surface area contributed by atoms with Crippen LogP contribution in [0.25, 0.3) is 11.1 Å². The first kappa shape index (κ1) is 11.2. The van der Waals surface area contributed by atoms with Gasteiger partial charge in [-0.05, 0) is 17.7 Å². The third kappa shape index (κ3) is 2.28. The van der Waals surface area contributed by atoms with Crippen LogP contribution in [0.2, 0.25) is 0 Å². The van der Waals surface area contributed by atoms with Gasteiger partial charge < -0.3 is 4.74 Å². The first-order valence-electron chi connectivity index (χ1n) is 4.85. The standard InChI is InChI=1S/C12H9FN2O2/c1-17-12-14-5-10(6-15-12)8-2-3-11(13)9(4-8)7-16/h2-7H,1H3. The van der Waals surface area contributed by atoms with Crippen molar-refractivity contribution < 1.29 is 13.9 Å². The zero-order valence-electron chi connectivity index (χ0n) is 9.05. The van der Waals surface area contributed by atoms with Gasteiger partial charge in [0.05, 0.1) is 12.7 Å². The second-order valence-electron chi connectivity index (χ2n) is 3.31. The number of nitrogens with zero attached hydrogens (tertiary/aromatic N) is 2. The Morgan fingerprint density at radius 2 is 1.94 bits per heavy atom. The molecule has 0 amide bonds. The lowest BCUT2D eigenvalue weighted by molar-refractivity contribution is 0.112. The molecule has 1 aromatic carbocycles. The second kappa shape index (κ2) is 4.69. The maximum Gasteiger partial charge on any atom is 0.316 e. The molecule has 0 spiro atoms. The van der Waals surface area contributed by atoms with Crippen LogP contribution in [-0.2, 0) is 0 Å². The third-order valence-electron chi connectivity index (χ3n) is 2.27. The van der Waals surface area contributed by atoms with Crippen LogP contribution in [0, 0.1) is 5.82 Å². The van der Waals surface area contributed by atoms with Crippen LogP contribution in [-0.4, -0.2) is 23.4 Å². The largest absolute Gasteiger partial charge is 0.467 e. The number of halogens is 1. The van der Waals surface area contributed by atoms with E-state index in [-0.39, 0.29) is 11.6 Å². The molecular weight excluding hydrogens is 223 g/mol. The van der Waals surface area contributed by atoms with Gasteiger partial charge >= 0.3 is 6.01 Å². The van der Waals surface area contributed by atoms with E-state index in [1.54, 1.807) is 18.5 Å². The molecule has 1 aromatic heterocycles. The molecular formula is C12H9FN2O2. The summed E-state index contributed by atoms with van der Waals surface area (Å²) in [6.07, 6.45) is 3.57. The molecule has 4 nitrogen and oxygen atoms in total. The fraction of sp³-hybridized carbons (Fsp3) is 0.0833. The van der Waals surface area contributed by atoms with Crippen molar-refractivity contribution in [3.63, 3.8) is 0 Å². The van der Waals surface area contributed by atoms with Crippen molar-refractivity contribution in [2.75, 3.05) is 7.11 Å². The van der Waals surface area contributed by atoms with E-state index in [2.05, 4.69) is 9.97 Å². The van der Waals surface area contributed by atoms with Crippen LogP contribution in [0.4, 0.5) is 4.39 Å². The summed E-state index contributed by atoms with van der Waals surface area (Å²) in [4.78, 5) is 18.5. The lowest BCUT2D eigenvalue weighted by Crippen LogP contribution is -1.93. The molecule has 0 N–H and O–H groups in total. The number of methoxy groups -OCH3 is 1. The molecule has 0 aliphatic heterocycles. The Balaban J connectivity index is 2.41. The highest BCUT2D eigenvalue weighted by molar-refractivity contribution is 5.79. The molecule has 0 fully saturated rings. The third-order valence-corrected chi connectivity index (χ3v) is 2.27. The first-order chi connectivity index (χ1) is 8.24. The highest BCUT2D eigenvalue weighted by Gasteiger charge is 2.05. The second-order valence-corrected chi connectivity index (χ2v) is 3.31. The molecule has 5 heteroatoms. The number of benzene rings is 1. The number of aldehydes is 1. The van der Waals surface area contributed by atoms with Crippen LogP contribution in [0.5, 0.6) is 6.01 Å². The molecule has 2 aromatic rings. The maximum atomic E-state index is 13.1. The molecule has 17 heavy (non-hydrogen) atoms. The average Bonchev–Trinajstić information content (AvgIpc) is 2.39. The van der Waals surface area contributed by atoms with Crippen molar-refractivity contribution in [3.05, 3.63) is 42.0 Å². The summed E-state index contributed by atoms with van der Waals surface area (Å²) < 4.78 is 18.0. The zero-order chi connectivity index (χ0) is 12.3. The number of hydrogen-bond acceptors (Lipinski definition) is 4. The van der Waals surface area contributed by atoms with Gasteiger partial charge in [-0.2, -0.15) is 0 Å². The van der Waals surface area contributed by atoms with Gasteiger partial charge in [0, 0.05) is 18.0 Å². The molecule has 0 radical (unpaired) electrons. The number of hydrogen-bond donors (Lipinski definition) is 0. The Morgan fingerprint density at radius 3 is 2.53 bits per heavy atom. The molecule has 2 rings (SSSR count). The molecule has 0 atom stereocenters. The summed E-state index contributed by atoms with van der Waals surface area (Å²) >= 11 is 0. The topological polar surface area (TPSA) is 52.1 Å². The van der Waals surface area contributed by atoms with Gasteiger partial charge in [0.15, 0.2) is 6.29 Å². The molecule has 0 unspecified atom stereocenters. The summed E-state index contributed by atoms with van der Waals surface area (Å²) in [7, 11) is 1.47. The van der Waals surface area contributed by atoms with Gasteiger partial charge in [-0.25, -0.2) is 14.4 Å². The van der Waals surface area contributed by atoms with Crippen molar-refractivity contribution in [2.24, 2.45) is 0 Å². The summed E-state index contributed by atoms with van der Waals surface area (Å²) in [6, 6.07) is 4.51. The summed E-state index contributed by atoms with van der Waals surface area (Å²) in [5.41, 5.74) is 1.38. The van der Waals surface area contributed by atoms with Gasteiger partial charge in [0.1, 0.15) is 5.82 Å². The number of carbonyl (C=O) groups excluding carboxylic acids is 1. The summed E-state index contributed by atoms with van der Waals surface area (Å²) in [5.74, 6) is -0.543. The van der Waals surface area contributed by atoms with Gasteiger partial charge in [-0.1, -0.05) is 6.07 Å². The van der Waals surface area contributed by atoms with E-state index < -0.39 is 5.82 Å². The summed E-state index contributed by atoms with van der Waals surface area (Å²) in [5, 5.41) is 0. The van der Waals surface area contributed by atoms with E-state index in [1.165, 1.54) is 19.2 Å². The normalized spacial score (nSPS) is 10.0. The molecule has 1 heterocycles. The number of aromatic nitrogens is 2. The minimum Gasteiger partial charge on any atom is -0.467 e. The van der Waals surface area contributed by atoms with E-state index in [4.69, 9.17) is 4.74 Å². The van der Waals surface area contributed by atoms with Crippen molar-refractivity contribution >= 4 is 6.29 Å². The summed E-state index contributed by atoms with van der Waals surface area (Å²) in [6.45, 7) is 0. The molecule has 0 bridgehead atoms. The average molecular weight is 232 g/mol. The van der Waals surface area contributed by atoms with Crippen LogP contribution >= 0.6 is 0 Å². The van der Waals surface area contributed by atoms with Crippen molar-refractivity contribution in [1.29, 1.82) is 0 Å². The Morgan fingerprint density at radius 1 is 1.24 bits per heavy atom. The highest BCUT2D eigenvalue weighted by atomic mass is 19.1. The van der Waals surface area contributed by atoms with Gasteiger partial charge in [0.25, 0.3) is 0 Å². The van der Waals surface area contributed by atoms with E-state index >= 15 is 0 Å². The molecule has 0 aliphatic rings. The lowest BCUT2D eigenvalue weighted by Gasteiger charge is -2.03. The molecule has 86 valence electrons. The van der Waals surface area contributed by atoms with Crippen molar-refractivity contribution in [2.45, 2.75) is 0 Å². The van der Waals surface area contributed by atoms with Gasteiger partial charge in [-0.15, -0.1) is 0 Å². The maximum absolute atomic E-state index is 13.1. The first-order valence-corrected chi connectivity index (χ1v) is 4.85. The monoisotopic (exact) mass is 232 g/mol. The predicted octanol–water partition coefficient (Wildman–Crippen LogP) is 2.10. The molecule has 0 saturated heterocycles. The molecule has 0 aliphatic carbocycles. The SMILES string of the molecule is COc1ncc(-c2ccc(F)c(C=O)c2)cn1. The zero-order valence-corrected chi connectivity index (χ0v) is 9.05. The fourth-order valence-electron chi connectivity index (χ4n) is 1.38. The van der Waals surface area contributed by atoms with Crippen molar-refractivity contribution in [3.8, 4) is 17.1 Å². The van der Waals surface area contributed by atoms with Gasteiger partial charge in [0.2, 0.25) is 0 Å². The quantitative estimate of drug-likeness (QED) is 0.760. The minimum absolute atomic E-state index is 0.0123. The highest BCUT2D eigenvalue weighted by Crippen LogP contribution is 2.20. The van der Waals surface area contributed by atoms with Crippen molar-refractivity contribution in [1.82, 2.24) is 9.97 Å². The Bertz CT molecular complexity index is 541. The Hall–Kier alpha value is -2.30. The minimum atomic E-state index is -0.543. The van der Waals surface area contributed by atoms with E-state index in [0.717, 1.165) is 0 Å². The number of rotatable bonds is 3. The van der Waals surface area contributed by atoms with Crippen LogP contribution in [0.3, 0.4) is 0 Å². The molecule has 0 saturated carbocycles. The lowest BCUT2D eigenvalue weighted by atomic mass is 10.1. The van der Waals surface area contributed by atoms with Gasteiger partial charge in [-0.3, -0.25) is 4.79 Å². The Kier molecular flexibility index (Phi) is 3.09. The predicted molar refractivity (Wildman–Crippen MR) is 59.4 cm³/mol.